The largest absolute Gasteiger partial charge is 0.432 e. The molecule has 0 rings (SSSR count). The van der Waals surface area contributed by atoms with E-state index in [2.05, 4.69) is 20.8 Å². The van der Waals surface area contributed by atoms with Gasteiger partial charge in [0.15, 0.2) is 0 Å². The molecule has 1 N–H and O–H groups in total. The van der Waals surface area contributed by atoms with E-state index in [0.29, 0.717) is 5.41 Å². The van der Waals surface area contributed by atoms with Crippen molar-refractivity contribution in [3.8, 4) is 0 Å². The third-order valence-corrected chi connectivity index (χ3v) is 2.63. The summed E-state index contributed by atoms with van der Waals surface area (Å²) in [4.78, 5) is 8.56. The van der Waals surface area contributed by atoms with E-state index in [-0.39, 0.29) is 9.76 Å². The lowest BCUT2D eigenvalue weighted by atomic mass is 9.93. The van der Waals surface area contributed by atoms with Crippen molar-refractivity contribution in [2.45, 2.75) is 33.2 Å². The summed E-state index contributed by atoms with van der Waals surface area (Å²) >= 11 is 0. The zero-order valence-corrected chi connectivity index (χ0v) is 6.86. The van der Waals surface area contributed by atoms with Crippen LogP contribution in [-0.2, 0) is 0 Å². The van der Waals surface area contributed by atoms with Gasteiger partial charge in [-0.25, -0.2) is 0 Å². The standard InChI is InChI=1S/C6H14OSi/c1-4-6(2,3)5-8-7/h7H,4-5H2,1-3H3. The highest BCUT2D eigenvalue weighted by atomic mass is 28.2. The quantitative estimate of drug-likeness (QED) is 0.573. The van der Waals surface area contributed by atoms with Crippen molar-refractivity contribution in [3.63, 3.8) is 0 Å². The fourth-order valence-electron chi connectivity index (χ4n) is 0.339. The fraction of sp³-hybridized carbons (Fsp3) is 1.00. The molecule has 0 aromatic carbocycles. The molecule has 0 unspecified atom stereocenters. The first-order chi connectivity index (χ1) is 3.62. The highest BCUT2D eigenvalue weighted by molar-refractivity contribution is 6.25. The lowest BCUT2D eigenvalue weighted by Crippen LogP contribution is -2.11. The smallest absolute Gasteiger partial charge is 0.224 e. The topological polar surface area (TPSA) is 20.2 Å². The third-order valence-electron chi connectivity index (χ3n) is 1.51. The lowest BCUT2D eigenvalue weighted by Gasteiger charge is -2.19. The van der Waals surface area contributed by atoms with E-state index < -0.39 is 0 Å². The Balaban J connectivity index is 3.37. The van der Waals surface area contributed by atoms with E-state index in [1.165, 1.54) is 0 Å². The average Bonchev–Trinajstić information content (AvgIpc) is 1.67. The van der Waals surface area contributed by atoms with Gasteiger partial charge in [-0.2, -0.15) is 0 Å². The molecule has 0 aliphatic rings. The maximum atomic E-state index is 8.56. The van der Waals surface area contributed by atoms with Crippen LogP contribution < -0.4 is 0 Å². The van der Waals surface area contributed by atoms with Crippen LogP contribution in [0.1, 0.15) is 27.2 Å². The molecule has 0 saturated carbocycles. The van der Waals surface area contributed by atoms with E-state index in [1.807, 2.05) is 0 Å². The van der Waals surface area contributed by atoms with Crippen molar-refractivity contribution in [2.75, 3.05) is 0 Å². The van der Waals surface area contributed by atoms with Gasteiger partial charge in [-0.1, -0.05) is 27.2 Å². The lowest BCUT2D eigenvalue weighted by molar-refractivity contribution is 0.383. The maximum absolute atomic E-state index is 8.56. The second-order valence-corrected chi connectivity index (χ2v) is 3.52. The summed E-state index contributed by atoms with van der Waals surface area (Å²) in [7, 11) is 0.116. The van der Waals surface area contributed by atoms with Crippen LogP contribution in [0.3, 0.4) is 0 Å². The van der Waals surface area contributed by atoms with E-state index >= 15 is 0 Å². The van der Waals surface area contributed by atoms with Crippen LogP contribution in [-0.4, -0.2) is 14.6 Å². The van der Waals surface area contributed by atoms with Gasteiger partial charge in [0, 0.05) is 0 Å². The number of hydrogen-bond acceptors (Lipinski definition) is 1. The molecule has 1 nitrogen and oxygen atoms in total. The summed E-state index contributed by atoms with van der Waals surface area (Å²) in [5, 5.41) is 0. The molecule has 2 heteroatoms. The summed E-state index contributed by atoms with van der Waals surface area (Å²) in [5.74, 6) is 0. The van der Waals surface area contributed by atoms with Crippen molar-refractivity contribution in [1.29, 1.82) is 0 Å². The summed E-state index contributed by atoms with van der Waals surface area (Å²) in [6, 6.07) is 0.948. The monoisotopic (exact) mass is 130 g/mol. The van der Waals surface area contributed by atoms with Crippen LogP contribution >= 0.6 is 0 Å². The van der Waals surface area contributed by atoms with Gasteiger partial charge in [0.1, 0.15) is 0 Å². The Morgan fingerprint density at radius 1 is 1.50 bits per heavy atom. The van der Waals surface area contributed by atoms with Crippen LogP contribution in [0.5, 0.6) is 0 Å². The molecule has 0 bridgehead atoms. The zero-order valence-electron chi connectivity index (χ0n) is 5.86. The average molecular weight is 130 g/mol. The maximum Gasteiger partial charge on any atom is 0.224 e. The van der Waals surface area contributed by atoms with Gasteiger partial charge in [-0.05, 0) is 11.5 Å². The van der Waals surface area contributed by atoms with Crippen molar-refractivity contribution in [1.82, 2.24) is 0 Å². The van der Waals surface area contributed by atoms with Gasteiger partial charge in [0.05, 0.1) is 0 Å². The van der Waals surface area contributed by atoms with Gasteiger partial charge < -0.3 is 4.80 Å². The minimum absolute atomic E-state index is 0.116. The Kier molecular flexibility index (Phi) is 3.32. The molecule has 48 valence electrons. The van der Waals surface area contributed by atoms with Crippen LogP contribution in [0.25, 0.3) is 0 Å². The molecule has 8 heavy (non-hydrogen) atoms. The van der Waals surface area contributed by atoms with Crippen molar-refractivity contribution >= 4 is 9.76 Å². The predicted octanol–water partition coefficient (Wildman–Crippen LogP) is 1.45. The minimum atomic E-state index is 0.116. The molecule has 0 aliphatic carbocycles. The van der Waals surface area contributed by atoms with Crippen LogP contribution in [0, 0.1) is 5.41 Å². The van der Waals surface area contributed by atoms with Crippen molar-refractivity contribution in [2.24, 2.45) is 5.41 Å². The SMILES string of the molecule is CCC(C)(C)C[Si]O. The molecule has 0 saturated heterocycles. The molecular formula is C6H14OSi. The van der Waals surface area contributed by atoms with Crippen molar-refractivity contribution in [3.05, 3.63) is 0 Å². The summed E-state index contributed by atoms with van der Waals surface area (Å²) in [6.07, 6.45) is 1.15. The molecular weight excluding hydrogens is 116 g/mol. The molecule has 0 fully saturated rings. The van der Waals surface area contributed by atoms with Crippen LogP contribution in [0.15, 0.2) is 0 Å². The zero-order chi connectivity index (χ0) is 6.62. The van der Waals surface area contributed by atoms with Crippen molar-refractivity contribution < 1.29 is 4.80 Å². The van der Waals surface area contributed by atoms with E-state index in [4.69, 9.17) is 4.80 Å². The molecule has 0 atom stereocenters. The highest BCUT2D eigenvalue weighted by Gasteiger charge is 2.13. The molecule has 0 aliphatic heterocycles. The second kappa shape index (κ2) is 3.25. The minimum Gasteiger partial charge on any atom is -0.432 e. The molecule has 0 amide bonds. The highest BCUT2D eigenvalue weighted by Crippen LogP contribution is 2.23. The number of hydrogen-bond donors (Lipinski definition) is 1. The molecule has 0 aromatic heterocycles. The first-order valence-corrected chi connectivity index (χ1v) is 4.15. The van der Waals surface area contributed by atoms with Crippen LogP contribution in [0.4, 0.5) is 0 Å². The van der Waals surface area contributed by atoms with Gasteiger partial charge in [-0.15, -0.1) is 0 Å². The van der Waals surface area contributed by atoms with Crippen LogP contribution in [0.2, 0.25) is 6.04 Å². The Morgan fingerprint density at radius 3 is 2.12 bits per heavy atom. The van der Waals surface area contributed by atoms with Gasteiger partial charge in [0.2, 0.25) is 9.76 Å². The van der Waals surface area contributed by atoms with Gasteiger partial charge in [-0.3, -0.25) is 0 Å². The first kappa shape index (κ1) is 8.18. The van der Waals surface area contributed by atoms with E-state index in [9.17, 15) is 0 Å². The summed E-state index contributed by atoms with van der Waals surface area (Å²) in [5.41, 5.74) is 0.354. The second-order valence-electron chi connectivity index (χ2n) is 2.85. The molecule has 0 spiro atoms. The fourth-order valence-corrected chi connectivity index (χ4v) is 1.02. The normalized spacial score (nSPS) is 12.0. The Morgan fingerprint density at radius 2 is 2.00 bits per heavy atom. The summed E-state index contributed by atoms with van der Waals surface area (Å²) < 4.78 is 0. The Hall–Kier alpha value is 0.177. The molecule has 0 aromatic rings. The first-order valence-electron chi connectivity index (χ1n) is 2.99. The molecule has 2 radical (unpaired) electrons. The summed E-state index contributed by atoms with van der Waals surface area (Å²) in [6.45, 7) is 6.51. The van der Waals surface area contributed by atoms with E-state index in [0.717, 1.165) is 12.5 Å². The van der Waals surface area contributed by atoms with Gasteiger partial charge in [0.25, 0.3) is 0 Å². The van der Waals surface area contributed by atoms with E-state index in [1.54, 1.807) is 0 Å². The third kappa shape index (κ3) is 3.21. The Bertz CT molecular complexity index is 61.5. The molecule has 0 heterocycles. The Labute approximate surface area is 54.1 Å². The van der Waals surface area contributed by atoms with Gasteiger partial charge >= 0.3 is 0 Å². The number of rotatable bonds is 3. The predicted molar refractivity (Wildman–Crippen MR) is 36.9 cm³/mol.